The van der Waals surface area contributed by atoms with E-state index in [4.69, 9.17) is 42.6 Å². The number of hydrogen-bond donors (Lipinski definition) is 0. The van der Waals surface area contributed by atoms with Crippen LogP contribution in [0.25, 0.3) is 0 Å². The lowest BCUT2D eigenvalue weighted by molar-refractivity contribution is -0.232. The molecule has 69 heavy (non-hydrogen) atoms. The van der Waals surface area contributed by atoms with Crippen molar-refractivity contribution in [2.45, 2.75) is 63.3 Å². The molecule has 1 fully saturated rings. The van der Waals surface area contributed by atoms with Crippen molar-refractivity contribution in [1.29, 1.82) is 0 Å². The first-order valence-corrected chi connectivity index (χ1v) is 22.0. The maximum Gasteiger partial charge on any atom is 0.338 e. The first-order chi connectivity index (χ1) is 33.5. The average molecular weight is 935 g/mol. The molecule has 0 bridgehead atoms. The van der Waals surface area contributed by atoms with Crippen molar-refractivity contribution < 1.29 is 71.4 Å². The fourth-order valence-corrected chi connectivity index (χ4v) is 8.15. The topological polar surface area (TPSA) is 185 Å². The van der Waals surface area contributed by atoms with Crippen molar-refractivity contribution in [2.75, 3.05) is 13.7 Å². The third kappa shape index (κ3) is 11.1. The molecule has 6 aromatic carbocycles. The zero-order chi connectivity index (χ0) is 48.4. The van der Waals surface area contributed by atoms with Crippen LogP contribution in [0.4, 0.5) is 0 Å². The highest BCUT2D eigenvalue weighted by Crippen LogP contribution is 2.52. The zero-order valence-electron chi connectivity index (χ0n) is 37.6. The number of rotatable bonds is 14. The summed E-state index contributed by atoms with van der Waals surface area (Å²) in [5, 5.41) is 0. The molecule has 0 aliphatic carbocycles. The Bertz CT molecular complexity index is 2800. The molecule has 15 heteroatoms. The minimum absolute atomic E-state index is 0.0366. The van der Waals surface area contributed by atoms with Crippen molar-refractivity contribution in [3.8, 4) is 23.0 Å². The summed E-state index contributed by atoms with van der Waals surface area (Å²) in [4.78, 5) is 81.0. The summed E-state index contributed by atoms with van der Waals surface area (Å²) in [5.41, 5.74) is 1.78. The van der Waals surface area contributed by atoms with Gasteiger partial charge in [0.1, 0.15) is 47.9 Å². The van der Waals surface area contributed by atoms with Crippen molar-refractivity contribution >= 4 is 35.8 Å². The van der Waals surface area contributed by atoms with Gasteiger partial charge in [0, 0.05) is 25.5 Å². The summed E-state index contributed by atoms with van der Waals surface area (Å²) in [7, 11) is 1.36. The molecule has 8 rings (SSSR count). The van der Waals surface area contributed by atoms with Gasteiger partial charge in [0.25, 0.3) is 0 Å². The highest BCUT2D eigenvalue weighted by atomic mass is 16.7. The molecule has 352 valence electrons. The second-order valence-electron chi connectivity index (χ2n) is 16.0. The number of hydrogen-bond acceptors (Lipinski definition) is 15. The predicted molar refractivity (Wildman–Crippen MR) is 245 cm³/mol. The molecule has 6 aromatic rings. The molecule has 0 amide bonds. The minimum Gasteiger partial charge on any atom is -0.496 e. The Morgan fingerprint density at radius 3 is 1.54 bits per heavy atom. The molecule has 2 aliphatic rings. The Labute approximate surface area is 396 Å². The lowest BCUT2D eigenvalue weighted by atomic mass is 9.87. The van der Waals surface area contributed by atoms with Gasteiger partial charge in [-0.25, -0.2) is 19.2 Å². The molecule has 0 radical (unpaired) electrons. The van der Waals surface area contributed by atoms with Crippen LogP contribution in [0, 0.1) is 0 Å². The maximum absolute atomic E-state index is 14.3. The lowest BCUT2D eigenvalue weighted by Gasteiger charge is -2.45. The Balaban J connectivity index is 1.28. The third-order valence-corrected chi connectivity index (χ3v) is 11.3. The minimum atomic E-state index is -1.71. The SMILES string of the molecule is COc1cc2c(c(OC(C)=O)c1[C@@H]1O[C@H](COC(=O)c3ccccc3)[C@@H](OC(=O)c3ccccc3)[C@H](OC(=O)c3ccccc3)[C@H]1OC(=O)c1ccccc1)CCC(c1ccc(OC(C)=O)cc1)O2. The van der Waals surface area contributed by atoms with Crippen LogP contribution in [0.5, 0.6) is 23.0 Å². The van der Waals surface area contributed by atoms with Crippen molar-refractivity contribution in [3.05, 3.63) is 191 Å². The van der Waals surface area contributed by atoms with Crippen LogP contribution in [0.2, 0.25) is 0 Å². The first-order valence-electron chi connectivity index (χ1n) is 22.0. The van der Waals surface area contributed by atoms with E-state index in [2.05, 4.69) is 0 Å². The quantitative estimate of drug-likeness (QED) is 0.0574. The Morgan fingerprint density at radius 1 is 0.565 bits per heavy atom. The van der Waals surface area contributed by atoms with Gasteiger partial charge in [-0.1, -0.05) is 84.9 Å². The summed E-state index contributed by atoms with van der Waals surface area (Å²) >= 11 is 0. The fraction of sp³-hybridized carbons (Fsp3) is 0.222. The molecule has 0 saturated carbocycles. The second-order valence-corrected chi connectivity index (χ2v) is 16.0. The van der Waals surface area contributed by atoms with E-state index in [1.807, 2.05) is 0 Å². The van der Waals surface area contributed by atoms with E-state index < -0.39 is 79.0 Å². The molecule has 1 unspecified atom stereocenters. The molecule has 0 spiro atoms. The summed E-state index contributed by atoms with van der Waals surface area (Å²) in [5.74, 6) is -3.96. The van der Waals surface area contributed by atoms with E-state index in [1.165, 1.54) is 57.4 Å². The van der Waals surface area contributed by atoms with Crippen molar-refractivity contribution in [2.24, 2.45) is 0 Å². The van der Waals surface area contributed by atoms with Crippen LogP contribution in [0.1, 0.15) is 90.6 Å². The smallest absolute Gasteiger partial charge is 0.338 e. The fourth-order valence-electron chi connectivity index (χ4n) is 8.15. The van der Waals surface area contributed by atoms with Crippen LogP contribution in [-0.4, -0.2) is 73.9 Å². The van der Waals surface area contributed by atoms with Crippen molar-refractivity contribution in [3.63, 3.8) is 0 Å². The van der Waals surface area contributed by atoms with Gasteiger partial charge in [0.15, 0.2) is 18.3 Å². The maximum atomic E-state index is 14.3. The largest absolute Gasteiger partial charge is 0.496 e. The highest BCUT2D eigenvalue weighted by Gasteiger charge is 2.55. The number of carbonyl (C=O) groups excluding carboxylic acids is 6. The molecule has 6 atom stereocenters. The van der Waals surface area contributed by atoms with Gasteiger partial charge < -0.3 is 42.6 Å². The van der Waals surface area contributed by atoms with Crippen LogP contribution >= 0.6 is 0 Å². The Kier molecular flexibility index (Phi) is 14.7. The van der Waals surface area contributed by atoms with E-state index >= 15 is 0 Å². The zero-order valence-corrected chi connectivity index (χ0v) is 37.6. The predicted octanol–water partition coefficient (Wildman–Crippen LogP) is 8.59. The lowest BCUT2D eigenvalue weighted by Crippen LogP contribution is -2.60. The number of esters is 6. The van der Waals surface area contributed by atoms with Gasteiger partial charge in [-0.2, -0.15) is 0 Å². The molecular weight excluding hydrogens is 889 g/mol. The Morgan fingerprint density at radius 2 is 1.04 bits per heavy atom. The van der Waals surface area contributed by atoms with Gasteiger partial charge in [-0.3, -0.25) is 9.59 Å². The summed E-state index contributed by atoms with van der Waals surface area (Å²) < 4.78 is 55.5. The van der Waals surface area contributed by atoms with Crippen molar-refractivity contribution in [1.82, 2.24) is 0 Å². The molecule has 0 N–H and O–H groups in total. The molecule has 2 heterocycles. The second kappa shape index (κ2) is 21.6. The summed E-state index contributed by atoms with van der Waals surface area (Å²) in [6.07, 6.45) is -7.92. The number of ether oxygens (including phenoxy) is 9. The van der Waals surface area contributed by atoms with Crippen LogP contribution in [0.15, 0.2) is 152 Å². The van der Waals surface area contributed by atoms with Crippen LogP contribution < -0.4 is 18.9 Å². The first kappa shape index (κ1) is 47.2. The number of carbonyl (C=O) groups is 6. The summed E-state index contributed by atoms with van der Waals surface area (Å²) in [6.45, 7) is 1.92. The van der Waals surface area contributed by atoms with E-state index in [0.29, 0.717) is 17.7 Å². The monoisotopic (exact) mass is 934 g/mol. The molecule has 0 aromatic heterocycles. The molecule has 15 nitrogen and oxygen atoms in total. The van der Waals surface area contributed by atoms with Gasteiger partial charge in [-0.05, 0) is 79.1 Å². The summed E-state index contributed by atoms with van der Waals surface area (Å²) in [6, 6.07) is 40.6. The molecular formula is C54H46O15. The van der Waals surface area contributed by atoms with Crippen LogP contribution in [0.3, 0.4) is 0 Å². The van der Waals surface area contributed by atoms with Gasteiger partial charge in [-0.15, -0.1) is 0 Å². The van der Waals surface area contributed by atoms with Gasteiger partial charge in [0.2, 0.25) is 0 Å². The average Bonchev–Trinajstić information content (AvgIpc) is 3.37. The molecule has 2 aliphatic heterocycles. The van der Waals surface area contributed by atoms with E-state index in [0.717, 1.165) is 5.56 Å². The number of benzene rings is 6. The van der Waals surface area contributed by atoms with E-state index in [-0.39, 0.29) is 51.5 Å². The van der Waals surface area contributed by atoms with Gasteiger partial charge >= 0.3 is 35.8 Å². The van der Waals surface area contributed by atoms with E-state index in [9.17, 15) is 28.8 Å². The standard InChI is InChI=1S/C54H46O15/c1-32(55)63-39-26-24-34(25-27-39)41-29-28-40-42(65-41)30-43(61-3)45(46(40)64-33(2)56)48-50(69-54(60)38-22-14-7-15-23-38)49(68-53(59)37-20-12-6-13-21-37)47(67-52(58)36-18-10-5-11-19-36)44(66-48)31-62-51(57)35-16-8-4-9-17-35/h4-27,30,41,44,47-50H,28-29,31H2,1-3H3/t41?,44-,47-,48+,49+,50+/m1/s1. The Hall–Kier alpha value is -8.30. The number of methoxy groups -OCH3 is 1. The van der Waals surface area contributed by atoms with Gasteiger partial charge in [0.05, 0.1) is 34.9 Å². The number of fused-ring (bicyclic) bond motifs is 1. The highest BCUT2D eigenvalue weighted by molar-refractivity contribution is 5.92. The van der Waals surface area contributed by atoms with E-state index in [1.54, 1.807) is 115 Å². The molecule has 1 saturated heterocycles. The normalized spacial score (nSPS) is 19.3. The third-order valence-electron chi connectivity index (χ3n) is 11.3. The van der Waals surface area contributed by atoms with Crippen LogP contribution in [-0.2, 0) is 39.7 Å².